The summed E-state index contributed by atoms with van der Waals surface area (Å²) < 4.78 is 20.9. The zero-order valence-electron chi connectivity index (χ0n) is 17.3. The van der Waals surface area contributed by atoms with E-state index in [9.17, 15) is 9.18 Å². The predicted octanol–water partition coefficient (Wildman–Crippen LogP) is 4.96. The quantitative estimate of drug-likeness (QED) is 0.464. The van der Waals surface area contributed by atoms with Crippen LogP contribution in [0.4, 0.5) is 14.9 Å². The summed E-state index contributed by atoms with van der Waals surface area (Å²) in [5.74, 6) is 0.293. The average molecular weight is 463 g/mol. The van der Waals surface area contributed by atoms with E-state index in [1.807, 2.05) is 12.3 Å². The summed E-state index contributed by atoms with van der Waals surface area (Å²) in [5.41, 5.74) is 2.47. The molecule has 3 rings (SSSR count). The van der Waals surface area contributed by atoms with Gasteiger partial charge in [0.1, 0.15) is 17.3 Å². The van der Waals surface area contributed by atoms with Gasteiger partial charge in [-0.25, -0.2) is 14.2 Å². The second-order valence-corrected chi connectivity index (χ2v) is 7.90. The van der Waals surface area contributed by atoms with Crippen LogP contribution in [0.5, 0.6) is 5.75 Å². The van der Waals surface area contributed by atoms with Crippen molar-refractivity contribution in [3.63, 3.8) is 0 Å². The van der Waals surface area contributed by atoms with Crippen LogP contribution >= 0.6 is 22.9 Å². The van der Waals surface area contributed by atoms with Crippen molar-refractivity contribution in [1.29, 1.82) is 0 Å². The third-order valence-electron chi connectivity index (χ3n) is 4.48. The summed E-state index contributed by atoms with van der Waals surface area (Å²) in [6.45, 7) is 3.58. The van der Waals surface area contributed by atoms with Crippen LogP contribution in [0.1, 0.15) is 13.3 Å². The molecule has 1 aromatic heterocycles. The Hall–Kier alpha value is -2.84. The minimum Gasteiger partial charge on any atom is -0.494 e. The van der Waals surface area contributed by atoms with E-state index in [-0.39, 0.29) is 11.8 Å². The van der Waals surface area contributed by atoms with Gasteiger partial charge in [-0.3, -0.25) is 0 Å². The monoisotopic (exact) mass is 462 g/mol. The van der Waals surface area contributed by atoms with Crippen LogP contribution in [-0.2, 0) is 6.54 Å². The highest BCUT2D eigenvalue weighted by atomic mass is 35.5. The van der Waals surface area contributed by atoms with Crippen molar-refractivity contribution in [3.8, 4) is 17.0 Å². The number of nitrogens with zero attached hydrogens (tertiary/aromatic N) is 2. The second kappa shape index (κ2) is 11.0. The number of ether oxygens (including phenoxy) is 1. The molecule has 0 aliphatic carbocycles. The number of methoxy groups -OCH3 is 1. The summed E-state index contributed by atoms with van der Waals surface area (Å²) in [6.07, 6.45) is 0.701. The smallest absolute Gasteiger partial charge is 0.314 e. The maximum Gasteiger partial charge on any atom is 0.314 e. The third-order valence-corrected chi connectivity index (χ3v) is 5.58. The summed E-state index contributed by atoms with van der Waals surface area (Å²) in [7, 11) is 1.57. The molecule has 0 aliphatic heterocycles. The van der Waals surface area contributed by atoms with E-state index in [0.717, 1.165) is 16.1 Å². The van der Waals surface area contributed by atoms with E-state index < -0.39 is 0 Å². The molecule has 0 unspecified atom stereocenters. The molecule has 3 aromatic rings. The lowest BCUT2D eigenvalue weighted by Crippen LogP contribution is -2.36. The average Bonchev–Trinajstić information content (AvgIpc) is 3.15. The molecule has 0 atom stereocenters. The Balaban J connectivity index is 1.93. The topological polar surface area (TPSA) is 67.7 Å². The molecule has 9 heteroatoms. The molecule has 31 heavy (non-hydrogen) atoms. The summed E-state index contributed by atoms with van der Waals surface area (Å²) >= 11 is 7.54. The Kier molecular flexibility index (Phi) is 8.08. The van der Waals surface area contributed by atoms with E-state index in [0.29, 0.717) is 42.5 Å². The first-order valence-electron chi connectivity index (χ1n) is 9.86. The lowest BCUT2D eigenvalue weighted by atomic mass is 10.1. The van der Waals surface area contributed by atoms with Gasteiger partial charge in [-0.2, -0.15) is 0 Å². The highest BCUT2D eigenvalue weighted by Crippen LogP contribution is 2.30. The van der Waals surface area contributed by atoms with Gasteiger partial charge in [-0.1, -0.05) is 11.6 Å². The molecule has 0 fully saturated rings. The van der Waals surface area contributed by atoms with Gasteiger partial charge in [-0.05, 0) is 55.3 Å². The minimum atomic E-state index is -0.285. The first-order chi connectivity index (χ1) is 15.0. The highest BCUT2D eigenvalue weighted by Gasteiger charge is 2.10. The third kappa shape index (κ3) is 6.08. The number of urea groups is 1. The fraction of sp³-hybridized carbons (Fsp3) is 0.273. The Bertz CT molecular complexity index is 1100. The van der Waals surface area contributed by atoms with Gasteiger partial charge in [0.25, 0.3) is 0 Å². The molecule has 0 saturated heterocycles. The molecule has 164 valence electrons. The number of hydrogen-bond donors (Lipinski definition) is 2. The van der Waals surface area contributed by atoms with Crippen molar-refractivity contribution in [1.82, 2.24) is 15.2 Å². The van der Waals surface area contributed by atoms with Gasteiger partial charge in [0.2, 0.25) is 0 Å². The van der Waals surface area contributed by atoms with Gasteiger partial charge in [0.15, 0.2) is 4.80 Å². The van der Waals surface area contributed by atoms with Crippen LogP contribution in [-0.4, -0.2) is 30.8 Å². The zero-order chi connectivity index (χ0) is 22.2. The van der Waals surface area contributed by atoms with Crippen LogP contribution in [0.3, 0.4) is 0 Å². The Morgan fingerprint density at radius 1 is 1.23 bits per heavy atom. The number of halogens is 2. The van der Waals surface area contributed by atoms with E-state index in [2.05, 4.69) is 15.2 Å². The maximum absolute atomic E-state index is 13.4. The van der Waals surface area contributed by atoms with Crippen LogP contribution in [0.25, 0.3) is 11.3 Å². The lowest BCUT2D eigenvalue weighted by molar-refractivity contribution is 0.241. The van der Waals surface area contributed by atoms with Crippen molar-refractivity contribution in [2.24, 2.45) is 4.99 Å². The molecule has 0 radical (unpaired) electrons. The van der Waals surface area contributed by atoms with E-state index >= 15 is 0 Å². The number of carbonyl (C=O) groups is 1. The molecule has 0 spiro atoms. The van der Waals surface area contributed by atoms with Gasteiger partial charge < -0.3 is 19.9 Å². The van der Waals surface area contributed by atoms with Crippen LogP contribution in [0.15, 0.2) is 52.8 Å². The van der Waals surface area contributed by atoms with Crippen molar-refractivity contribution < 1.29 is 13.9 Å². The molecule has 1 heterocycles. The lowest BCUT2D eigenvalue weighted by Gasteiger charge is -2.11. The van der Waals surface area contributed by atoms with Crippen molar-refractivity contribution >= 4 is 34.7 Å². The molecule has 2 N–H and O–H groups in total. The van der Waals surface area contributed by atoms with Crippen LogP contribution < -0.4 is 20.2 Å². The summed E-state index contributed by atoms with van der Waals surface area (Å²) in [4.78, 5) is 17.2. The number of aromatic nitrogens is 1. The molecule has 0 saturated carbocycles. The summed E-state index contributed by atoms with van der Waals surface area (Å²) in [5, 5.41) is 8.10. The number of rotatable bonds is 8. The Morgan fingerprint density at radius 2 is 2.00 bits per heavy atom. The van der Waals surface area contributed by atoms with Gasteiger partial charge in [0, 0.05) is 36.1 Å². The largest absolute Gasteiger partial charge is 0.494 e. The predicted molar refractivity (Wildman–Crippen MR) is 123 cm³/mol. The van der Waals surface area contributed by atoms with Crippen LogP contribution in [0.2, 0.25) is 5.02 Å². The fourth-order valence-electron chi connectivity index (χ4n) is 3.00. The first kappa shape index (κ1) is 22.8. The van der Waals surface area contributed by atoms with E-state index in [1.54, 1.807) is 37.4 Å². The van der Waals surface area contributed by atoms with Gasteiger partial charge >= 0.3 is 6.03 Å². The highest BCUT2D eigenvalue weighted by molar-refractivity contribution is 7.07. The normalized spacial score (nSPS) is 11.4. The van der Waals surface area contributed by atoms with E-state index in [1.165, 1.54) is 23.5 Å². The molecular weight excluding hydrogens is 439 g/mol. The number of benzene rings is 2. The molecule has 2 aromatic carbocycles. The van der Waals surface area contributed by atoms with Crippen molar-refractivity contribution in [2.45, 2.75) is 19.9 Å². The zero-order valence-corrected chi connectivity index (χ0v) is 18.9. The number of hydrogen-bond acceptors (Lipinski definition) is 4. The fourth-order valence-corrected chi connectivity index (χ4v) is 4.11. The van der Waals surface area contributed by atoms with Gasteiger partial charge in [-0.15, -0.1) is 11.3 Å². The second-order valence-electron chi connectivity index (χ2n) is 6.63. The molecule has 0 bridgehead atoms. The standard InChI is InChI=1S/C22H24ClFN4O2S/c1-3-25-21(29)26-11-4-12-28-19(15-5-8-17(24)9-6-15)14-31-22(28)27-18-10-7-16(23)13-20(18)30-2/h5-10,13-14H,3-4,11-12H2,1-2H3,(H2,25,26,29). The number of carbonyl (C=O) groups excluding carboxylic acids is 1. The Labute approximate surface area is 189 Å². The van der Waals surface area contributed by atoms with E-state index in [4.69, 9.17) is 21.3 Å². The number of nitrogens with one attached hydrogen (secondary N) is 2. The molecule has 0 aliphatic rings. The van der Waals surface area contributed by atoms with Crippen molar-refractivity contribution in [2.75, 3.05) is 20.2 Å². The summed E-state index contributed by atoms with van der Waals surface area (Å²) in [6, 6.07) is 11.5. The van der Waals surface area contributed by atoms with Gasteiger partial charge in [0.05, 0.1) is 12.8 Å². The SMILES string of the molecule is CCNC(=O)NCCCn1c(-c2ccc(F)cc2)csc1=Nc1ccc(Cl)cc1OC. The molecule has 2 amide bonds. The maximum atomic E-state index is 13.4. The first-order valence-corrected chi connectivity index (χ1v) is 11.1. The van der Waals surface area contributed by atoms with Crippen LogP contribution in [0, 0.1) is 5.82 Å². The van der Waals surface area contributed by atoms with Crippen molar-refractivity contribution in [3.05, 3.63) is 63.5 Å². The molecular formula is C22H24ClFN4O2S. The molecule has 6 nitrogen and oxygen atoms in total. The number of thiazole rings is 1. The minimum absolute atomic E-state index is 0.188. The number of amides is 2. The Morgan fingerprint density at radius 3 is 2.71 bits per heavy atom.